The maximum atomic E-state index is 5.45. The van der Waals surface area contributed by atoms with E-state index in [1.54, 1.807) is 0 Å². The SMILES string of the molecule is NCNC1=CCC(c2ccccc2)CC1. The number of rotatable bonds is 3. The molecule has 0 saturated heterocycles. The third kappa shape index (κ3) is 2.60. The lowest BCUT2D eigenvalue weighted by Gasteiger charge is -2.22. The Labute approximate surface area is 91.2 Å². The van der Waals surface area contributed by atoms with Crippen molar-refractivity contribution in [1.82, 2.24) is 5.32 Å². The summed E-state index contributed by atoms with van der Waals surface area (Å²) in [6.45, 7) is 0.543. The van der Waals surface area contributed by atoms with Crippen LogP contribution in [-0.4, -0.2) is 6.67 Å². The van der Waals surface area contributed by atoms with Crippen LogP contribution in [-0.2, 0) is 0 Å². The predicted molar refractivity (Wildman–Crippen MR) is 63.3 cm³/mol. The second-order valence-electron chi connectivity index (χ2n) is 3.99. The monoisotopic (exact) mass is 202 g/mol. The van der Waals surface area contributed by atoms with Crippen LogP contribution in [0, 0.1) is 0 Å². The zero-order valence-corrected chi connectivity index (χ0v) is 8.95. The fraction of sp³-hybridized carbons (Fsp3) is 0.385. The first-order valence-corrected chi connectivity index (χ1v) is 5.58. The molecular formula is C13H18N2. The highest BCUT2D eigenvalue weighted by atomic mass is 15.0. The number of nitrogens with one attached hydrogen (secondary N) is 1. The van der Waals surface area contributed by atoms with E-state index in [4.69, 9.17) is 5.73 Å². The van der Waals surface area contributed by atoms with Gasteiger partial charge in [0, 0.05) is 5.70 Å². The molecule has 0 spiro atoms. The molecule has 2 rings (SSSR count). The van der Waals surface area contributed by atoms with Crippen molar-refractivity contribution in [2.45, 2.75) is 25.2 Å². The number of nitrogens with two attached hydrogens (primary N) is 1. The molecule has 1 unspecified atom stereocenters. The minimum Gasteiger partial charge on any atom is -0.376 e. The molecule has 0 saturated carbocycles. The summed E-state index contributed by atoms with van der Waals surface area (Å²) >= 11 is 0. The van der Waals surface area contributed by atoms with Crippen molar-refractivity contribution in [1.29, 1.82) is 0 Å². The number of hydrogen-bond acceptors (Lipinski definition) is 2. The Balaban J connectivity index is 1.99. The van der Waals surface area contributed by atoms with Crippen LogP contribution in [0.2, 0.25) is 0 Å². The van der Waals surface area contributed by atoms with Crippen LogP contribution >= 0.6 is 0 Å². The zero-order chi connectivity index (χ0) is 10.5. The number of allylic oxidation sites excluding steroid dienone is 2. The van der Waals surface area contributed by atoms with E-state index >= 15 is 0 Å². The van der Waals surface area contributed by atoms with Gasteiger partial charge < -0.3 is 11.1 Å². The van der Waals surface area contributed by atoms with Crippen LogP contribution < -0.4 is 11.1 Å². The molecule has 0 aliphatic heterocycles. The molecule has 0 heterocycles. The second-order valence-corrected chi connectivity index (χ2v) is 3.99. The van der Waals surface area contributed by atoms with E-state index in [-0.39, 0.29) is 0 Å². The minimum atomic E-state index is 0.543. The maximum absolute atomic E-state index is 5.45. The van der Waals surface area contributed by atoms with Crippen LogP contribution in [0.3, 0.4) is 0 Å². The van der Waals surface area contributed by atoms with E-state index < -0.39 is 0 Å². The lowest BCUT2D eigenvalue weighted by atomic mass is 9.86. The van der Waals surface area contributed by atoms with Gasteiger partial charge in [0.1, 0.15) is 0 Å². The first kappa shape index (κ1) is 10.2. The number of benzene rings is 1. The molecule has 15 heavy (non-hydrogen) atoms. The Morgan fingerprint density at radius 1 is 1.27 bits per heavy atom. The van der Waals surface area contributed by atoms with Crippen molar-refractivity contribution in [3.63, 3.8) is 0 Å². The van der Waals surface area contributed by atoms with Crippen LogP contribution in [0.15, 0.2) is 42.1 Å². The molecule has 0 fully saturated rings. The summed E-state index contributed by atoms with van der Waals surface area (Å²) in [7, 11) is 0. The van der Waals surface area contributed by atoms with Crippen LogP contribution in [0.5, 0.6) is 0 Å². The largest absolute Gasteiger partial charge is 0.376 e. The highest BCUT2D eigenvalue weighted by molar-refractivity contribution is 5.22. The Morgan fingerprint density at radius 2 is 2.07 bits per heavy atom. The Morgan fingerprint density at radius 3 is 2.67 bits per heavy atom. The van der Waals surface area contributed by atoms with Crippen molar-refractivity contribution >= 4 is 0 Å². The average Bonchev–Trinajstić information content (AvgIpc) is 2.32. The van der Waals surface area contributed by atoms with Gasteiger partial charge in [-0.05, 0) is 30.7 Å². The lowest BCUT2D eigenvalue weighted by Crippen LogP contribution is -2.23. The molecule has 1 aromatic rings. The normalized spacial score (nSPS) is 20.9. The molecule has 2 heteroatoms. The molecule has 0 bridgehead atoms. The lowest BCUT2D eigenvalue weighted by molar-refractivity contribution is 0.570. The van der Waals surface area contributed by atoms with Gasteiger partial charge >= 0.3 is 0 Å². The highest BCUT2D eigenvalue weighted by Crippen LogP contribution is 2.30. The maximum Gasteiger partial charge on any atom is 0.0624 e. The van der Waals surface area contributed by atoms with Crippen molar-refractivity contribution < 1.29 is 0 Å². The van der Waals surface area contributed by atoms with E-state index in [9.17, 15) is 0 Å². The average molecular weight is 202 g/mol. The van der Waals surface area contributed by atoms with Gasteiger partial charge in [0.2, 0.25) is 0 Å². The molecule has 80 valence electrons. The Kier molecular flexibility index (Phi) is 3.41. The van der Waals surface area contributed by atoms with E-state index in [0.717, 1.165) is 12.8 Å². The Hall–Kier alpha value is -1.28. The fourth-order valence-corrected chi connectivity index (χ4v) is 2.15. The van der Waals surface area contributed by atoms with Gasteiger partial charge in [0.15, 0.2) is 0 Å². The van der Waals surface area contributed by atoms with Crippen LogP contribution in [0.1, 0.15) is 30.7 Å². The van der Waals surface area contributed by atoms with Gasteiger partial charge in [0.25, 0.3) is 0 Å². The zero-order valence-electron chi connectivity index (χ0n) is 8.95. The third-order valence-corrected chi connectivity index (χ3v) is 3.01. The molecule has 1 aromatic carbocycles. The van der Waals surface area contributed by atoms with E-state index in [2.05, 4.69) is 41.7 Å². The van der Waals surface area contributed by atoms with Crippen LogP contribution in [0.25, 0.3) is 0 Å². The quantitative estimate of drug-likeness (QED) is 0.738. The molecule has 2 nitrogen and oxygen atoms in total. The highest BCUT2D eigenvalue weighted by Gasteiger charge is 2.15. The second kappa shape index (κ2) is 4.99. The Bertz CT molecular complexity index is 330. The molecule has 0 aromatic heterocycles. The van der Waals surface area contributed by atoms with Gasteiger partial charge in [-0.2, -0.15) is 0 Å². The summed E-state index contributed by atoms with van der Waals surface area (Å²) in [5.41, 5.74) is 8.22. The standard InChI is InChI=1S/C13H18N2/c14-10-15-13-8-6-12(7-9-13)11-4-2-1-3-5-11/h1-5,8,12,15H,6-7,9-10,14H2. The molecule has 0 amide bonds. The summed E-state index contributed by atoms with van der Waals surface area (Å²) in [6, 6.07) is 10.8. The van der Waals surface area contributed by atoms with Gasteiger partial charge in [-0.3, -0.25) is 0 Å². The topological polar surface area (TPSA) is 38.0 Å². The first-order chi connectivity index (χ1) is 7.40. The first-order valence-electron chi connectivity index (χ1n) is 5.58. The van der Waals surface area contributed by atoms with Gasteiger partial charge in [-0.15, -0.1) is 0 Å². The third-order valence-electron chi connectivity index (χ3n) is 3.01. The molecule has 1 aliphatic rings. The molecular weight excluding hydrogens is 184 g/mol. The summed E-state index contributed by atoms with van der Waals surface area (Å²) in [5.74, 6) is 0.689. The summed E-state index contributed by atoms with van der Waals surface area (Å²) < 4.78 is 0. The molecule has 1 atom stereocenters. The minimum absolute atomic E-state index is 0.543. The van der Waals surface area contributed by atoms with Gasteiger partial charge in [-0.25, -0.2) is 0 Å². The van der Waals surface area contributed by atoms with Crippen molar-refractivity contribution in [3.8, 4) is 0 Å². The fourth-order valence-electron chi connectivity index (χ4n) is 2.15. The van der Waals surface area contributed by atoms with Crippen molar-refractivity contribution in [2.24, 2.45) is 5.73 Å². The summed E-state index contributed by atoms with van der Waals surface area (Å²) in [6.07, 6.45) is 5.76. The smallest absolute Gasteiger partial charge is 0.0624 e. The van der Waals surface area contributed by atoms with Crippen molar-refractivity contribution in [3.05, 3.63) is 47.7 Å². The summed E-state index contributed by atoms with van der Waals surface area (Å²) in [5, 5.41) is 3.20. The van der Waals surface area contributed by atoms with Crippen molar-refractivity contribution in [2.75, 3.05) is 6.67 Å². The van der Waals surface area contributed by atoms with Crippen LogP contribution in [0.4, 0.5) is 0 Å². The van der Waals surface area contributed by atoms with Gasteiger partial charge in [0.05, 0.1) is 6.67 Å². The number of hydrogen-bond donors (Lipinski definition) is 2. The molecule has 3 N–H and O–H groups in total. The van der Waals surface area contributed by atoms with E-state index in [0.29, 0.717) is 12.6 Å². The van der Waals surface area contributed by atoms with Gasteiger partial charge in [-0.1, -0.05) is 36.4 Å². The van der Waals surface area contributed by atoms with E-state index in [1.807, 2.05) is 0 Å². The summed E-state index contributed by atoms with van der Waals surface area (Å²) in [4.78, 5) is 0. The van der Waals surface area contributed by atoms with E-state index in [1.165, 1.54) is 17.7 Å². The molecule has 1 aliphatic carbocycles. The predicted octanol–water partition coefficient (Wildman–Crippen LogP) is 2.34. The molecule has 0 radical (unpaired) electrons.